The van der Waals surface area contributed by atoms with E-state index in [9.17, 15) is 4.79 Å². The van der Waals surface area contributed by atoms with Gasteiger partial charge in [-0.25, -0.2) is 4.79 Å². The lowest BCUT2D eigenvalue weighted by molar-refractivity contribution is 0.193. The average molecular weight is 204 g/mol. The zero-order valence-corrected chi connectivity index (χ0v) is 9.84. The van der Waals surface area contributed by atoms with Gasteiger partial charge in [0.15, 0.2) is 0 Å². The normalized spacial score (nSPS) is 9.21. The standard InChI is InChI=1S/C8H18N2O2.C2H6/c1-3-10(4-2)7-5-6-9-8(11)12;1-2/h9H,3-7H2,1-2H3,(H,11,12);1-2H3. The fourth-order valence-electron chi connectivity index (χ4n) is 1.04. The van der Waals surface area contributed by atoms with E-state index in [2.05, 4.69) is 24.1 Å². The van der Waals surface area contributed by atoms with Gasteiger partial charge in [-0.2, -0.15) is 0 Å². The Bertz CT molecular complexity index is 125. The molecule has 0 fully saturated rings. The maximum absolute atomic E-state index is 10.1. The predicted molar refractivity (Wildman–Crippen MR) is 59.8 cm³/mol. The first-order chi connectivity index (χ1) is 6.70. The Hall–Kier alpha value is -0.770. The van der Waals surface area contributed by atoms with Crippen LogP contribution in [0.4, 0.5) is 4.79 Å². The number of hydrogen-bond donors (Lipinski definition) is 2. The largest absolute Gasteiger partial charge is 0.465 e. The van der Waals surface area contributed by atoms with Crippen molar-refractivity contribution in [3.63, 3.8) is 0 Å². The number of rotatable bonds is 6. The Morgan fingerprint density at radius 3 is 2.14 bits per heavy atom. The van der Waals surface area contributed by atoms with Gasteiger partial charge < -0.3 is 15.3 Å². The molecule has 0 atom stereocenters. The maximum Gasteiger partial charge on any atom is 0.404 e. The number of nitrogens with zero attached hydrogens (tertiary/aromatic N) is 1. The summed E-state index contributed by atoms with van der Waals surface area (Å²) in [7, 11) is 0. The van der Waals surface area contributed by atoms with Crippen molar-refractivity contribution >= 4 is 6.09 Å². The Morgan fingerprint density at radius 2 is 1.79 bits per heavy atom. The minimum absolute atomic E-state index is 0.547. The van der Waals surface area contributed by atoms with Gasteiger partial charge in [0, 0.05) is 6.54 Å². The Labute approximate surface area is 87.3 Å². The molecule has 0 saturated carbocycles. The van der Waals surface area contributed by atoms with Gasteiger partial charge in [-0.15, -0.1) is 0 Å². The quantitative estimate of drug-likeness (QED) is 0.651. The van der Waals surface area contributed by atoms with E-state index in [0.29, 0.717) is 6.54 Å². The van der Waals surface area contributed by atoms with E-state index >= 15 is 0 Å². The Kier molecular flexibility index (Phi) is 13.7. The molecule has 14 heavy (non-hydrogen) atoms. The lowest BCUT2D eigenvalue weighted by atomic mass is 10.3. The Morgan fingerprint density at radius 1 is 1.29 bits per heavy atom. The van der Waals surface area contributed by atoms with Crippen molar-refractivity contribution in [1.29, 1.82) is 0 Å². The summed E-state index contributed by atoms with van der Waals surface area (Å²) in [5.41, 5.74) is 0. The molecule has 0 aromatic rings. The maximum atomic E-state index is 10.1. The number of amides is 1. The molecule has 0 aliphatic heterocycles. The summed E-state index contributed by atoms with van der Waals surface area (Å²) in [6, 6.07) is 0. The highest BCUT2D eigenvalue weighted by molar-refractivity contribution is 5.64. The molecular formula is C10H24N2O2. The molecule has 0 aliphatic rings. The van der Waals surface area contributed by atoms with Gasteiger partial charge in [0.2, 0.25) is 0 Å². The number of nitrogens with one attached hydrogen (secondary N) is 1. The summed E-state index contributed by atoms with van der Waals surface area (Å²) >= 11 is 0. The van der Waals surface area contributed by atoms with Gasteiger partial charge in [0.1, 0.15) is 0 Å². The Balaban J connectivity index is 0. The van der Waals surface area contributed by atoms with Gasteiger partial charge >= 0.3 is 6.09 Å². The third-order valence-corrected chi connectivity index (χ3v) is 1.82. The second-order valence-corrected chi connectivity index (χ2v) is 2.61. The van der Waals surface area contributed by atoms with Gasteiger partial charge in [0.05, 0.1) is 0 Å². The fraction of sp³-hybridized carbons (Fsp3) is 0.900. The summed E-state index contributed by atoms with van der Waals surface area (Å²) < 4.78 is 0. The molecule has 0 saturated heterocycles. The molecule has 0 aliphatic carbocycles. The van der Waals surface area contributed by atoms with Crippen molar-refractivity contribution in [1.82, 2.24) is 10.2 Å². The highest BCUT2D eigenvalue weighted by atomic mass is 16.4. The van der Waals surface area contributed by atoms with Gasteiger partial charge in [-0.05, 0) is 26.1 Å². The van der Waals surface area contributed by atoms with Crippen LogP contribution in [0.2, 0.25) is 0 Å². The molecule has 0 aromatic carbocycles. The first-order valence-electron chi connectivity index (χ1n) is 5.39. The van der Waals surface area contributed by atoms with Crippen LogP contribution in [0.15, 0.2) is 0 Å². The molecule has 0 aromatic heterocycles. The highest BCUT2D eigenvalue weighted by Crippen LogP contribution is 1.88. The lowest BCUT2D eigenvalue weighted by Crippen LogP contribution is -2.28. The second-order valence-electron chi connectivity index (χ2n) is 2.61. The predicted octanol–water partition coefficient (Wildman–Crippen LogP) is 2.01. The van der Waals surface area contributed by atoms with Gasteiger partial charge in [-0.3, -0.25) is 0 Å². The minimum atomic E-state index is -0.936. The molecule has 0 bridgehead atoms. The van der Waals surface area contributed by atoms with Crippen LogP contribution in [-0.4, -0.2) is 42.3 Å². The molecule has 0 heterocycles. The van der Waals surface area contributed by atoms with Gasteiger partial charge in [0.25, 0.3) is 0 Å². The zero-order valence-electron chi connectivity index (χ0n) is 9.84. The van der Waals surface area contributed by atoms with E-state index in [0.717, 1.165) is 26.1 Å². The van der Waals surface area contributed by atoms with Crippen molar-refractivity contribution in [2.75, 3.05) is 26.2 Å². The second kappa shape index (κ2) is 12.2. The fourth-order valence-corrected chi connectivity index (χ4v) is 1.04. The van der Waals surface area contributed by atoms with Crippen LogP contribution < -0.4 is 5.32 Å². The average Bonchev–Trinajstić information content (AvgIpc) is 2.21. The third-order valence-electron chi connectivity index (χ3n) is 1.82. The number of hydrogen-bond acceptors (Lipinski definition) is 2. The van der Waals surface area contributed by atoms with E-state index in [1.165, 1.54) is 0 Å². The van der Waals surface area contributed by atoms with Crippen molar-refractivity contribution in [2.24, 2.45) is 0 Å². The van der Waals surface area contributed by atoms with E-state index < -0.39 is 6.09 Å². The molecule has 1 amide bonds. The molecule has 0 rings (SSSR count). The minimum Gasteiger partial charge on any atom is -0.465 e. The van der Waals surface area contributed by atoms with Crippen LogP contribution in [-0.2, 0) is 0 Å². The zero-order chi connectivity index (χ0) is 11.4. The van der Waals surface area contributed by atoms with Crippen LogP contribution in [0.3, 0.4) is 0 Å². The van der Waals surface area contributed by atoms with E-state index in [1.807, 2.05) is 13.8 Å². The number of carboxylic acid groups (broad SMARTS) is 1. The highest BCUT2D eigenvalue weighted by Gasteiger charge is 1.98. The summed E-state index contributed by atoms with van der Waals surface area (Å²) in [5.74, 6) is 0. The SMILES string of the molecule is CC.CCN(CC)CCCNC(=O)O. The van der Waals surface area contributed by atoms with Crippen molar-refractivity contribution in [2.45, 2.75) is 34.1 Å². The molecule has 0 spiro atoms. The molecule has 2 N–H and O–H groups in total. The lowest BCUT2D eigenvalue weighted by Gasteiger charge is -2.17. The molecule has 0 unspecified atom stereocenters. The smallest absolute Gasteiger partial charge is 0.404 e. The van der Waals surface area contributed by atoms with Crippen LogP contribution in [0.1, 0.15) is 34.1 Å². The molecular weight excluding hydrogens is 180 g/mol. The van der Waals surface area contributed by atoms with Crippen LogP contribution in [0, 0.1) is 0 Å². The first-order valence-corrected chi connectivity index (χ1v) is 5.39. The topological polar surface area (TPSA) is 52.6 Å². The monoisotopic (exact) mass is 204 g/mol. The van der Waals surface area contributed by atoms with E-state index in [4.69, 9.17) is 5.11 Å². The third kappa shape index (κ3) is 11.2. The molecule has 86 valence electrons. The number of carbonyl (C=O) groups is 1. The summed E-state index contributed by atoms with van der Waals surface area (Å²) in [4.78, 5) is 12.3. The van der Waals surface area contributed by atoms with Crippen LogP contribution in [0.25, 0.3) is 0 Å². The van der Waals surface area contributed by atoms with Crippen molar-refractivity contribution < 1.29 is 9.90 Å². The van der Waals surface area contributed by atoms with Crippen molar-refractivity contribution in [3.8, 4) is 0 Å². The van der Waals surface area contributed by atoms with Gasteiger partial charge in [-0.1, -0.05) is 27.7 Å². The van der Waals surface area contributed by atoms with Crippen LogP contribution in [0.5, 0.6) is 0 Å². The molecule has 4 heteroatoms. The summed E-state index contributed by atoms with van der Waals surface area (Å²) in [6.07, 6.45) is -0.0527. The molecule has 4 nitrogen and oxygen atoms in total. The first kappa shape index (κ1) is 15.7. The van der Waals surface area contributed by atoms with Crippen molar-refractivity contribution in [3.05, 3.63) is 0 Å². The van der Waals surface area contributed by atoms with Crippen LogP contribution >= 0.6 is 0 Å². The summed E-state index contributed by atoms with van der Waals surface area (Å²) in [6.45, 7) is 11.8. The van der Waals surface area contributed by atoms with E-state index in [-0.39, 0.29) is 0 Å². The van der Waals surface area contributed by atoms with E-state index in [1.54, 1.807) is 0 Å². The molecule has 0 radical (unpaired) electrons. The summed E-state index contributed by atoms with van der Waals surface area (Å²) in [5, 5.41) is 10.6.